The second-order valence-corrected chi connectivity index (χ2v) is 11.6. The Hall–Kier alpha value is -3.17. The standard InChI is InChI=1S/C32H36ClN7O2.2H2S/c1-4-29(41)40-17-16-39(19-24(40)18-34-2)31-25-13-15-38(28-12-6-9-22-8-5-11-26(33)30(22)28)20-27(25)35-32(36-31)42-21-23-10-7-14-37(23)3;;/h4-6,8-9,11-12,23-24H,1,7,10,13-21H2,3H3;2*1H2/t23-,24-;;/m0../s1/i1D2,4D;;. The monoisotopic (exact) mass is 656 g/mol. The number of likely N-dealkylation sites (N-methyl/N-ethyl adjacent to an activating group) is 1. The van der Waals surface area contributed by atoms with E-state index in [1.54, 1.807) is 0 Å². The molecule has 12 heteroatoms. The van der Waals surface area contributed by atoms with Crippen LogP contribution in [0, 0.1) is 6.57 Å². The van der Waals surface area contributed by atoms with E-state index in [-0.39, 0.29) is 40.1 Å². The number of piperazine rings is 1. The van der Waals surface area contributed by atoms with Crippen LogP contribution in [0.2, 0.25) is 5.02 Å². The van der Waals surface area contributed by atoms with Gasteiger partial charge in [-0.15, -0.1) is 0 Å². The highest BCUT2D eigenvalue weighted by Crippen LogP contribution is 2.37. The summed E-state index contributed by atoms with van der Waals surface area (Å²) in [6.45, 7) is 10.5. The zero-order chi connectivity index (χ0) is 31.7. The Balaban J connectivity index is 0.00000250. The third kappa shape index (κ3) is 6.74. The summed E-state index contributed by atoms with van der Waals surface area (Å²) in [6, 6.07) is 11.6. The molecule has 2 atom stereocenters. The van der Waals surface area contributed by atoms with Crippen LogP contribution >= 0.6 is 38.6 Å². The number of likely N-dealkylation sites (tertiary alicyclic amines) is 1. The first-order valence-corrected chi connectivity index (χ1v) is 14.8. The summed E-state index contributed by atoms with van der Waals surface area (Å²) in [5.74, 6) is 0.0536. The van der Waals surface area contributed by atoms with E-state index < -0.39 is 24.5 Å². The van der Waals surface area contributed by atoms with E-state index in [4.69, 9.17) is 37.0 Å². The second kappa shape index (κ2) is 14.7. The molecule has 1 amide bonds. The minimum atomic E-state index is -0.833. The number of fused-ring (bicyclic) bond motifs is 2. The first kappa shape index (κ1) is 29.5. The van der Waals surface area contributed by atoms with Gasteiger partial charge in [0.15, 0.2) is 0 Å². The predicted octanol–water partition coefficient (Wildman–Crippen LogP) is 4.67. The van der Waals surface area contributed by atoms with Gasteiger partial charge in [0, 0.05) is 48.9 Å². The summed E-state index contributed by atoms with van der Waals surface area (Å²) in [6.07, 6.45) is 2.87. The van der Waals surface area contributed by atoms with Crippen LogP contribution in [0.4, 0.5) is 11.5 Å². The normalized spacial score (nSPS) is 20.8. The van der Waals surface area contributed by atoms with E-state index in [0.29, 0.717) is 49.7 Å². The van der Waals surface area contributed by atoms with Gasteiger partial charge in [-0.05, 0) is 56.4 Å². The number of nitrogens with zero attached hydrogens (tertiary/aromatic N) is 7. The number of carbonyl (C=O) groups excluding carboxylic acids is 1. The van der Waals surface area contributed by atoms with E-state index in [9.17, 15) is 4.79 Å². The molecule has 1 aromatic heterocycles. The van der Waals surface area contributed by atoms with Crippen molar-refractivity contribution in [3.8, 4) is 6.01 Å². The summed E-state index contributed by atoms with van der Waals surface area (Å²) in [5, 5.41) is 2.79. The largest absolute Gasteiger partial charge is 0.462 e. The van der Waals surface area contributed by atoms with Gasteiger partial charge >= 0.3 is 6.01 Å². The molecule has 0 bridgehead atoms. The number of carbonyl (C=O) groups is 1. The summed E-state index contributed by atoms with van der Waals surface area (Å²) >= 11 is 6.69. The van der Waals surface area contributed by atoms with Gasteiger partial charge in [0.25, 0.3) is 0 Å². The molecule has 3 aliphatic rings. The minimum absolute atomic E-state index is 0. The Morgan fingerprint density at radius 2 is 2.00 bits per heavy atom. The molecular formula is C32H40ClN7O2S2. The SMILES string of the molecule is S.S.[2H]C([2H])=C([2H])C(=O)N1CCN(c2nc(OC[C@@H]3CCCN3C)nc3c2CCN(c2cccc4cccc(Cl)c24)C3)C[C@@H]1C[N+]#[C-]. The highest BCUT2D eigenvalue weighted by atomic mass is 35.5. The molecule has 2 saturated heterocycles. The number of aromatic nitrogens is 2. The fourth-order valence-corrected chi connectivity index (χ4v) is 6.75. The number of ether oxygens (including phenoxy) is 1. The molecule has 6 rings (SSSR count). The van der Waals surface area contributed by atoms with Crippen LogP contribution in [0.25, 0.3) is 15.6 Å². The Kier molecular flexibility index (Phi) is 9.89. The highest BCUT2D eigenvalue weighted by molar-refractivity contribution is 7.59. The molecule has 2 fully saturated rings. The van der Waals surface area contributed by atoms with Gasteiger partial charge in [0.2, 0.25) is 12.5 Å². The van der Waals surface area contributed by atoms with Gasteiger partial charge in [0.1, 0.15) is 18.5 Å². The molecule has 3 aliphatic heterocycles. The maximum absolute atomic E-state index is 12.9. The molecule has 0 radical (unpaired) electrons. The van der Waals surface area contributed by atoms with Gasteiger partial charge in [-0.1, -0.05) is 42.4 Å². The fourth-order valence-electron chi connectivity index (χ4n) is 6.47. The van der Waals surface area contributed by atoms with E-state index in [1.807, 2.05) is 18.2 Å². The van der Waals surface area contributed by atoms with Gasteiger partial charge in [-0.25, -0.2) is 6.57 Å². The highest BCUT2D eigenvalue weighted by Gasteiger charge is 2.35. The fraction of sp³-hybridized carbons (Fsp3) is 0.438. The number of amides is 1. The minimum Gasteiger partial charge on any atom is -0.462 e. The van der Waals surface area contributed by atoms with Crippen molar-refractivity contribution in [3.05, 3.63) is 76.7 Å². The number of halogens is 1. The van der Waals surface area contributed by atoms with Crippen molar-refractivity contribution in [1.29, 1.82) is 0 Å². The quantitative estimate of drug-likeness (QED) is 0.271. The van der Waals surface area contributed by atoms with Crippen LogP contribution in [0.15, 0.2) is 49.0 Å². The molecule has 0 saturated carbocycles. The van der Waals surface area contributed by atoms with Crippen molar-refractivity contribution in [2.45, 2.75) is 37.9 Å². The van der Waals surface area contributed by atoms with Crippen LogP contribution < -0.4 is 14.5 Å². The van der Waals surface area contributed by atoms with Crippen LogP contribution in [-0.2, 0) is 17.8 Å². The molecule has 2 aromatic carbocycles. The first-order valence-electron chi connectivity index (χ1n) is 15.9. The summed E-state index contributed by atoms with van der Waals surface area (Å²) in [4.78, 5) is 34.5. The van der Waals surface area contributed by atoms with Crippen molar-refractivity contribution in [2.75, 3.05) is 62.7 Å². The lowest BCUT2D eigenvalue weighted by atomic mass is 10.0. The van der Waals surface area contributed by atoms with Crippen molar-refractivity contribution in [3.63, 3.8) is 0 Å². The third-order valence-corrected chi connectivity index (χ3v) is 9.04. The maximum Gasteiger partial charge on any atom is 0.318 e. The average molecular weight is 657 g/mol. The zero-order valence-electron chi connectivity index (χ0n) is 27.7. The molecule has 9 nitrogen and oxygen atoms in total. The second-order valence-electron chi connectivity index (χ2n) is 11.2. The van der Waals surface area contributed by atoms with Crippen molar-refractivity contribution < 1.29 is 13.6 Å². The van der Waals surface area contributed by atoms with Gasteiger partial charge in [0.05, 0.1) is 21.4 Å². The van der Waals surface area contributed by atoms with E-state index in [1.165, 1.54) is 4.90 Å². The lowest BCUT2D eigenvalue weighted by Crippen LogP contribution is -2.56. The number of hydrogen-bond acceptors (Lipinski definition) is 7. The van der Waals surface area contributed by atoms with E-state index in [0.717, 1.165) is 59.5 Å². The molecule has 3 aromatic rings. The number of benzene rings is 2. The zero-order valence-corrected chi connectivity index (χ0v) is 27.5. The number of hydrogen-bond donors (Lipinski definition) is 0. The average Bonchev–Trinajstić information content (AvgIpc) is 3.46. The Morgan fingerprint density at radius 3 is 2.75 bits per heavy atom. The molecule has 0 unspecified atom stereocenters. The van der Waals surface area contributed by atoms with Gasteiger partial charge in [-0.2, -0.15) is 37.0 Å². The van der Waals surface area contributed by atoms with Crippen LogP contribution in [-0.4, -0.2) is 90.7 Å². The molecule has 4 heterocycles. The molecule has 44 heavy (non-hydrogen) atoms. The Labute approximate surface area is 282 Å². The van der Waals surface area contributed by atoms with Gasteiger partial charge < -0.3 is 29.2 Å². The smallest absolute Gasteiger partial charge is 0.318 e. The summed E-state index contributed by atoms with van der Waals surface area (Å²) < 4.78 is 29.1. The Morgan fingerprint density at radius 1 is 1.18 bits per heavy atom. The number of rotatable bonds is 7. The summed E-state index contributed by atoms with van der Waals surface area (Å²) in [7, 11) is 2.10. The molecular weight excluding hydrogens is 614 g/mol. The molecule has 0 N–H and O–H groups in total. The van der Waals surface area contributed by atoms with Crippen molar-refractivity contribution >= 4 is 66.8 Å². The molecule has 0 spiro atoms. The molecule has 0 aliphatic carbocycles. The van der Waals surface area contributed by atoms with Crippen LogP contribution in [0.3, 0.4) is 0 Å². The van der Waals surface area contributed by atoms with Crippen molar-refractivity contribution in [2.24, 2.45) is 0 Å². The van der Waals surface area contributed by atoms with Crippen LogP contribution in [0.1, 0.15) is 28.2 Å². The summed E-state index contributed by atoms with van der Waals surface area (Å²) in [5.41, 5.74) is 2.94. The predicted molar refractivity (Wildman–Crippen MR) is 187 cm³/mol. The lowest BCUT2D eigenvalue weighted by Gasteiger charge is -2.41. The number of anilines is 2. The van der Waals surface area contributed by atoms with Crippen LogP contribution in [0.5, 0.6) is 6.01 Å². The lowest BCUT2D eigenvalue weighted by molar-refractivity contribution is -0.128. The topological polar surface area (TPSA) is 69.4 Å². The van der Waals surface area contributed by atoms with Gasteiger partial charge in [-0.3, -0.25) is 4.79 Å². The first-order chi connectivity index (χ1) is 21.7. The van der Waals surface area contributed by atoms with Crippen molar-refractivity contribution in [1.82, 2.24) is 19.8 Å². The Bertz CT molecular complexity index is 1690. The molecule has 234 valence electrons. The maximum atomic E-state index is 12.9. The third-order valence-electron chi connectivity index (χ3n) is 8.72. The van der Waals surface area contributed by atoms with E-state index in [2.05, 4.69) is 44.8 Å². The van der Waals surface area contributed by atoms with E-state index >= 15 is 0 Å².